The molecule has 0 amide bonds. The van der Waals surface area contributed by atoms with Crippen LogP contribution in [0.2, 0.25) is 0 Å². The number of thiazole rings is 1. The van der Waals surface area contributed by atoms with Crippen LogP contribution in [0.1, 0.15) is 45.7 Å². The Bertz CT molecular complexity index is 883. The van der Waals surface area contributed by atoms with E-state index >= 15 is 0 Å². The Labute approximate surface area is 142 Å². The molecule has 24 heavy (non-hydrogen) atoms. The van der Waals surface area contributed by atoms with Crippen LogP contribution in [0.3, 0.4) is 0 Å². The second-order valence-corrected chi connectivity index (χ2v) is 6.63. The molecule has 0 bridgehead atoms. The van der Waals surface area contributed by atoms with Crippen LogP contribution in [0.5, 0.6) is 0 Å². The highest BCUT2D eigenvalue weighted by Gasteiger charge is 2.26. The van der Waals surface area contributed by atoms with Gasteiger partial charge in [-0.15, -0.1) is 21.5 Å². The maximum Gasteiger partial charge on any atom is 0.339 e. The van der Waals surface area contributed by atoms with Crippen molar-refractivity contribution in [2.75, 3.05) is 0 Å². The zero-order chi connectivity index (χ0) is 16.5. The van der Waals surface area contributed by atoms with Crippen LogP contribution < -0.4 is 0 Å². The summed E-state index contributed by atoms with van der Waals surface area (Å²) in [7, 11) is 0. The fourth-order valence-corrected chi connectivity index (χ4v) is 3.20. The van der Waals surface area contributed by atoms with E-state index < -0.39 is 5.97 Å². The maximum absolute atomic E-state index is 12.4. The topological polar surface area (TPSA) is 78.1 Å². The van der Waals surface area contributed by atoms with E-state index in [0.717, 1.165) is 10.7 Å². The lowest BCUT2D eigenvalue weighted by atomic mass is 10.1. The lowest BCUT2D eigenvalue weighted by molar-refractivity contribution is 0.0473. The van der Waals surface area contributed by atoms with Crippen molar-refractivity contribution in [2.24, 2.45) is 0 Å². The number of carbonyl (C=O) groups is 1. The number of aryl methyl sites for hydroxylation is 1. The van der Waals surface area contributed by atoms with Crippen LogP contribution in [0.15, 0.2) is 34.1 Å². The smallest absolute Gasteiger partial charge is 0.339 e. The summed E-state index contributed by atoms with van der Waals surface area (Å²) in [5.74, 6) is 0.936. The number of benzene rings is 1. The van der Waals surface area contributed by atoms with Gasteiger partial charge in [0.1, 0.15) is 11.6 Å². The third kappa shape index (κ3) is 3.07. The van der Waals surface area contributed by atoms with Gasteiger partial charge < -0.3 is 9.15 Å². The fourth-order valence-electron chi connectivity index (χ4n) is 2.42. The summed E-state index contributed by atoms with van der Waals surface area (Å²) < 4.78 is 10.8. The van der Waals surface area contributed by atoms with Crippen molar-refractivity contribution in [1.29, 1.82) is 0 Å². The molecule has 0 N–H and O–H groups in total. The fraction of sp³-hybridized carbons (Fsp3) is 0.294. The average molecular weight is 341 g/mol. The van der Waals surface area contributed by atoms with Crippen molar-refractivity contribution >= 4 is 17.3 Å². The Morgan fingerprint density at radius 1 is 1.33 bits per heavy atom. The maximum atomic E-state index is 12.4. The van der Waals surface area contributed by atoms with Crippen molar-refractivity contribution < 1.29 is 13.9 Å². The molecule has 2 heterocycles. The third-order valence-corrected chi connectivity index (χ3v) is 4.64. The number of carbonyl (C=O) groups excluding carboxylic acids is 1. The van der Waals surface area contributed by atoms with E-state index in [4.69, 9.17) is 9.15 Å². The minimum atomic E-state index is -0.426. The van der Waals surface area contributed by atoms with Gasteiger partial charge in [0.25, 0.3) is 0 Å². The second kappa shape index (κ2) is 6.16. The molecule has 0 radical (unpaired) electrons. The average Bonchev–Trinajstić information content (AvgIpc) is 3.18. The number of nitrogens with zero attached hydrogens (tertiary/aromatic N) is 3. The van der Waals surface area contributed by atoms with Crippen LogP contribution in [-0.4, -0.2) is 21.2 Å². The quantitative estimate of drug-likeness (QED) is 0.658. The molecule has 7 heteroatoms. The minimum Gasteiger partial charge on any atom is -0.455 e. The highest BCUT2D eigenvalue weighted by Crippen LogP contribution is 2.40. The molecular formula is C17H15N3O3S. The summed E-state index contributed by atoms with van der Waals surface area (Å²) in [5, 5.41) is 10.6. The largest absolute Gasteiger partial charge is 0.455 e. The molecule has 0 saturated heterocycles. The Morgan fingerprint density at radius 3 is 2.92 bits per heavy atom. The van der Waals surface area contributed by atoms with Gasteiger partial charge in [0.05, 0.1) is 16.8 Å². The second-order valence-electron chi connectivity index (χ2n) is 5.69. The van der Waals surface area contributed by atoms with Gasteiger partial charge in [-0.2, -0.15) is 0 Å². The van der Waals surface area contributed by atoms with E-state index in [1.807, 2.05) is 6.07 Å². The molecule has 4 rings (SSSR count). The number of rotatable bonds is 5. The van der Waals surface area contributed by atoms with Gasteiger partial charge in [-0.3, -0.25) is 0 Å². The van der Waals surface area contributed by atoms with Crippen molar-refractivity contribution in [3.8, 4) is 11.5 Å². The van der Waals surface area contributed by atoms with E-state index in [-0.39, 0.29) is 6.61 Å². The first-order valence-electron chi connectivity index (χ1n) is 7.71. The lowest BCUT2D eigenvalue weighted by Crippen LogP contribution is -2.07. The Balaban J connectivity index is 1.49. The normalized spacial score (nSPS) is 13.9. The van der Waals surface area contributed by atoms with Crippen LogP contribution in [0.25, 0.3) is 11.5 Å². The third-order valence-electron chi connectivity index (χ3n) is 3.80. The highest BCUT2D eigenvalue weighted by atomic mass is 32.1. The summed E-state index contributed by atoms with van der Waals surface area (Å²) in [4.78, 5) is 17.0. The minimum absolute atomic E-state index is 0.174. The first kappa shape index (κ1) is 15.0. The van der Waals surface area contributed by atoms with Crippen molar-refractivity contribution in [3.05, 3.63) is 51.8 Å². The van der Waals surface area contributed by atoms with E-state index in [9.17, 15) is 4.79 Å². The summed E-state index contributed by atoms with van der Waals surface area (Å²) in [6, 6.07) is 7.04. The van der Waals surface area contributed by atoms with E-state index in [0.29, 0.717) is 28.8 Å². The number of hydrogen-bond donors (Lipinski definition) is 0. The molecule has 122 valence electrons. The zero-order valence-electron chi connectivity index (χ0n) is 13.1. The molecule has 1 aliphatic rings. The van der Waals surface area contributed by atoms with Gasteiger partial charge in [-0.05, 0) is 25.0 Å². The van der Waals surface area contributed by atoms with Gasteiger partial charge in [0.2, 0.25) is 11.8 Å². The number of ether oxygens (including phenoxy) is 1. The van der Waals surface area contributed by atoms with Crippen molar-refractivity contribution in [1.82, 2.24) is 15.2 Å². The van der Waals surface area contributed by atoms with Crippen molar-refractivity contribution in [2.45, 2.75) is 32.3 Å². The summed E-state index contributed by atoms with van der Waals surface area (Å²) in [6.07, 6.45) is 2.42. The predicted molar refractivity (Wildman–Crippen MR) is 87.7 cm³/mol. The van der Waals surface area contributed by atoms with Crippen LogP contribution in [0, 0.1) is 6.92 Å². The van der Waals surface area contributed by atoms with Crippen LogP contribution in [0.4, 0.5) is 0 Å². The first-order chi connectivity index (χ1) is 11.7. The lowest BCUT2D eigenvalue weighted by Gasteiger charge is -2.06. The number of hydrogen-bond acceptors (Lipinski definition) is 7. The van der Waals surface area contributed by atoms with Crippen LogP contribution >= 0.6 is 11.3 Å². The van der Waals surface area contributed by atoms with Crippen molar-refractivity contribution in [3.63, 3.8) is 0 Å². The van der Waals surface area contributed by atoms with Gasteiger partial charge in [0, 0.05) is 18.2 Å². The molecule has 1 aromatic carbocycles. The Kier molecular flexibility index (Phi) is 3.86. The number of aromatic nitrogens is 3. The van der Waals surface area contributed by atoms with Gasteiger partial charge in [-0.1, -0.05) is 12.1 Å². The monoisotopic (exact) mass is 341 g/mol. The first-order valence-corrected chi connectivity index (χ1v) is 8.59. The molecule has 1 saturated carbocycles. The molecule has 0 atom stereocenters. The molecule has 1 fully saturated rings. The predicted octanol–water partition coefficient (Wildman–Crippen LogP) is 3.74. The van der Waals surface area contributed by atoms with E-state index in [2.05, 4.69) is 20.6 Å². The molecule has 0 spiro atoms. The molecule has 0 aliphatic heterocycles. The number of esters is 1. The van der Waals surface area contributed by atoms with Gasteiger partial charge in [0.15, 0.2) is 0 Å². The Morgan fingerprint density at radius 2 is 2.17 bits per heavy atom. The molecule has 2 aromatic heterocycles. The zero-order valence-corrected chi connectivity index (χ0v) is 13.9. The SMILES string of the molecule is Cc1nnc(-c2ccccc2C(=O)OCc2nc(C3CC3)cs2)o1. The standard InChI is InChI=1S/C17H15N3O3S/c1-10-19-20-16(23-10)12-4-2-3-5-13(12)17(21)22-8-15-18-14(9-24-15)11-6-7-11/h2-5,9,11H,6-8H2,1H3. The molecule has 1 aliphatic carbocycles. The summed E-state index contributed by atoms with van der Waals surface area (Å²) in [5.41, 5.74) is 2.09. The van der Waals surface area contributed by atoms with Gasteiger partial charge in [-0.25, -0.2) is 9.78 Å². The highest BCUT2D eigenvalue weighted by molar-refractivity contribution is 7.09. The van der Waals surface area contributed by atoms with E-state index in [1.165, 1.54) is 24.2 Å². The molecule has 6 nitrogen and oxygen atoms in total. The summed E-state index contributed by atoms with van der Waals surface area (Å²) >= 11 is 1.53. The molecule has 3 aromatic rings. The molecular weight excluding hydrogens is 326 g/mol. The summed E-state index contributed by atoms with van der Waals surface area (Å²) in [6.45, 7) is 1.88. The molecule has 0 unspecified atom stereocenters. The van der Waals surface area contributed by atoms with Crippen LogP contribution in [-0.2, 0) is 11.3 Å². The van der Waals surface area contributed by atoms with E-state index in [1.54, 1.807) is 25.1 Å². The van der Waals surface area contributed by atoms with Gasteiger partial charge >= 0.3 is 5.97 Å². The Hall–Kier alpha value is -2.54.